The van der Waals surface area contributed by atoms with Gasteiger partial charge < -0.3 is 15.0 Å². The van der Waals surface area contributed by atoms with E-state index in [-0.39, 0.29) is 11.1 Å². The molecular weight excluding hydrogens is 418 g/mol. The lowest BCUT2D eigenvalue weighted by atomic mass is 10.2. The molecule has 0 spiro atoms. The van der Waals surface area contributed by atoms with Gasteiger partial charge in [-0.25, -0.2) is 4.98 Å². The molecule has 0 aliphatic carbocycles. The summed E-state index contributed by atoms with van der Waals surface area (Å²) in [6.45, 7) is 4.39. The number of ether oxygens (including phenoxy) is 1. The van der Waals surface area contributed by atoms with Crippen LogP contribution in [0.25, 0.3) is 10.6 Å². The molecule has 0 fully saturated rings. The van der Waals surface area contributed by atoms with Gasteiger partial charge in [-0.15, -0.1) is 11.3 Å². The molecule has 0 aliphatic heterocycles. The van der Waals surface area contributed by atoms with Crippen molar-refractivity contribution in [3.63, 3.8) is 0 Å². The second-order valence-corrected chi connectivity index (χ2v) is 8.66. The Morgan fingerprint density at radius 2 is 1.77 bits per heavy atom. The number of anilines is 1. The Hall–Kier alpha value is -2.84. The Morgan fingerprint density at radius 3 is 2.37 bits per heavy atom. The highest BCUT2D eigenvalue weighted by atomic mass is 32.2. The van der Waals surface area contributed by atoms with Crippen molar-refractivity contribution in [2.24, 2.45) is 0 Å². The summed E-state index contributed by atoms with van der Waals surface area (Å²) in [4.78, 5) is 32.0. The fourth-order valence-corrected chi connectivity index (χ4v) is 4.20. The number of amides is 2. The van der Waals surface area contributed by atoms with E-state index < -0.39 is 0 Å². The number of thiazole rings is 1. The van der Waals surface area contributed by atoms with Gasteiger partial charge in [0, 0.05) is 30.2 Å². The van der Waals surface area contributed by atoms with Gasteiger partial charge in [0.2, 0.25) is 0 Å². The van der Waals surface area contributed by atoms with Crippen molar-refractivity contribution in [2.45, 2.75) is 18.7 Å². The molecular formula is C22H23N3O3S2. The summed E-state index contributed by atoms with van der Waals surface area (Å²) >= 11 is 2.50. The zero-order valence-electron chi connectivity index (χ0n) is 17.3. The first-order valence-corrected chi connectivity index (χ1v) is 11.0. The lowest BCUT2D eigenvalue weighted by Gasteiger charge is -2.09. The fourth-order valence-electron chi connectivity index (χ4n) is 2.58. The lowest BCUT2D eigenvalue weighted by molar-refractivity contribution is 0.103. The summed E-state index contributed by atoms with van der Waals surface area (Å²) in [5, 5.41) is 3.64. The second kappa shape index (κ2) is 9.77. The van der Waals surface area contributed by atoms with E-state index in [2.05, 4.69) is 10.3 Å². The molecule has 1 heterocycles. The molecule has 3 aromatic rings. The van der Waals surface area contributed by atoms with Crippen LogP contribution in [-0.2, 0) is 0 Å². The normalized spacial score (nSPS) is 10.5. The average molecular weight is 442 g/mol. The second-order valence-electron chi connectivity index (χ2n) is 6.63. The molecule has 0 saturated carbocycles. The van der Waals surface area contributed by atoms with Gasteiger partial charge in [-0.1, -0.05) is 0 Å². The first kappa shape index (κ1) is 21.9. The Balaban J connectivity index is 1.69. The molecule has 30 heavy (non-hydrogen) atoms. The third kappa shape index (κ3) is 5.40. The quantitative estimate of drug-likeness (QED) is 0.508. The molecule has 3 rings (SSSR count). The number of benzene rings is 2. The highest BCUT2D eigenvalue weighted by molar-refractivity contribution is 8.13. The predicted octanol–water partition coefficient (Wildman–Crippen LogP) is 5.54. The van der Waals surface area contributed by atoms with Crippen molar-refractivity contribution < 1.29 is 14.3 Å². The topological polar surface area (TPSA) is 71.5 Å². The molecule has 0 unspecified atom stereocenters. The number of aryl methyl sites for hydroxylation is 1. The van der Waals surface area contributed by atoms with Gasteiger partial charge in [0.1, 0.15) is 15.6 Å². The molecule has 0 radical (unpaired) electrons. The Morgan fingerprint density at radius 1 is 1.10 bits per heavy atom. The molecule has 0 atom stereocenters. The van der Waals surface area contributed by atoms with Gasteiger partial charge in [0.15, 0.2) is 0 Å². The van der Waals surface area contributed by atoms with E-state index in [4.69, 9.17) is 4.74 Å². The Bertz CT molecular complexity index is 1030. The summed E-state index contributed by atoms with van der Waals surface area (Å²) in [5.74, 6) is 0.605. The van der Waals surface area contributed by atoms with Crippen LogP contribution >= 0.6 is 23.1 Å². The molecule has 0 saturated heterocycles. The van der Waals surface area contributed by atoms with Crippen LogP contribution in [0.1, 0.15) is 22.3 Å². The number of carbonyl (C=O) groups excluding carboxylic acids is 2. The predicted molar refractivity (Wildman–Crippen MR) is 123 cm³/mol. The Labute approximate surface area is 184 Å². The van der Waals surface area contributed by atoms with Crippen molar-refractivity contribution in [1.82, 2.24) is 9.88 Å². The fraction of sp³-hybridized carbons (Fsp3) is 0.227. The van der Waals surface area contributed by atoms with Crippen molar-refractivity contribution in [1.29, 1.82) is 0 Å². The van der Waals surface area contributed by atoms with E-state index in [1.165, 1.54) is 16.2 Å². The van der Waals surface area contributed by atoms with Crippen molar-refractivity contribution in [3.05, 3.63) is 59.1 Å². The number of thioether (sulfide) groups is 1. The van der Waals surface area contributed by atoms with Gasteiger partial charge in [-0.3, -0.25) is 9.59 Å². The summed E-state index contributed by atoms with van der Waals surface area (Å²) in [6, 6.07) is 14.9. The van der Waals surface area contributed by atoms with Crippen LogP contribution in [0, 0.1) is 6.92 Å². The average Bonchev–Trinajstić information content (AvgIpc) is 3.12. The van der Waals surface area contributed by atoms with Gasteiger partial charge in [0.05, 0.1) is 12.3 Å². The maximum atomic E-state index is 12.7. The summed E-state index contributed by atoms with van der Waals surface area (Å²) in [6.07, 6.45) is 0. The minimum Gasteiger partial charge on any atom is -0.494 e. The number of hydrogen-bond donors (Lipinski definition) is 1. The van der Waals surface area contributed by atoms with Crippen LogP contribution < -0.4 is 10.1 Å². The van der Waals surface area contributed by atoms with Crippen molar-refractivity contribution in [3.8, 4) is 16.3 Å². The van der Waals surface area contributed by atoms with Crippen LogP contribution in [0.3, 0.4) is 0 Å². The molecule has 0 bridgehead atoms. The van der Waals surface area contributed by atoms with E-state index in [0.717, 1.165) is 33.0 Å². The summed E-state index contributed by atoms with van der Waals surface area (Å²) in [7, 11) is 3.42. The van der Waals surface area contributed by atoms with Crippen LogP contribution in [0.2, 0.25) is 0 Å². The van der Waals surface area contributed by atoms with Crippen LogP contribution in [0.5, 0.6) is 5.75 Å². The number of rotatable bonds is 6. The Kier molecular flexibility index (Phi) is 7.12. The molecule has 2 amide bonds. The SMILES string of the molecule is CCOc1ccc(-c2nc(C)c(C(=O)Nc3ccc(SC(=O)N(C)C)cc3)s2)cc1. The molecule has 1 N–H and O–H groups in total. The van der Waals surface area contributed by atoms with E-state index in [0.29, 0.717) is 22.9 Å². The summed E-state index contributed by atoms with van der Waals surface area (Å²) < 4.78 is 5.47. The number of hydrogen-bond acceptors (Lipinski definition) is 6. The van der Waals surface area contributed by atoms with E-state index in [1.54, 1.807) is 26.2 Å². The lowest BCUT2D eigenvalue weighted by Crippen LogP contribution is -2.16. The van der Waals surface area contributed by atoms with Crippen LogP contribution in [-0.4, -0.2) is 41.7 Å². The van der Waals surface area contributed by atoms with Gasteiger partial charge in [-0.2, -0.15) is 0 Å². The number of nitrogens with zero attached hydrogens (tertiary/aromatic N) is 2. The number of nitrogens with one attached hydrogen (secondary N) is 1. The molecule has 8 heteroatoms. The minimum absolute atomic E-state index is 0.0473. The van der Waals surface area contributed by atoms with E-state index in [9.17, 15) is 9.59 Å². The zero-order valence-corrected chi connectivity index (χ0v) is 18.9. The van der Waals surface area contributed by atoms with E-state index in [1.807, 2.05) is 50.2 Å². The van der Waals surface area contributed by atoms with Crippen LogP contribution in [0.15, 0.2) is 53.4 Å². The molecule has 156 valence electrons. The molecule has 0 aliphatic rings. The zero-order chi connectivity index (χ0) is 21.7. The standard InChI is InChI=1S/C22H23N3O3S2/c1-5-28-17-10-6-15(7-11-17)21-23-14(2)19(30-21)20(26)24-16-8-12-18(13-9-16)29-22(27)25(3)4/h6-13H,5H2,1-4H3,(H,24,26). The monoisotopic (exact) mass is 441 g/mol. The molecule has 2 aromatic carbocycles. The van der Waals surface area contributed by atoms with Gasteiger partial charge in [0.25, 0.3) is 11.1 Å². The van der Waals surface area contributed by atoms with E-state index >= 15 is 0 Å². The number of aromatic nitrogens is 1. The van der Waals surface area contributed by atoms with Gasteiger partial charge >= 0.3 is 0 Å². The maximum absolute atomic E-state index is 12.7. The van der Waals surface area contributed by atoms with Crippen molar-refractivity contribution >= 4 is 39.9 Å². The highest BCUT2D eigenvalue weighted by Gasteiger charge is 2.17. The largest absolute Gasteiger partial charge is 0.494 e. The minimum atomic E-state index is -0.202. The first-order valence-electron chi connectivity index (χ1n) is 9.38. The number of carbonyl (C=O) groups is 2. The third-order valence-corrected chi connectivity index (χ3v) is 6.35. The third-order valence-electron chi connectivity index (χ3n) is 4.10. The van der Waals surface area contributed by atoms with Crippen LogP contribution in [0.4, 0.5) is 10.5 Å². The maximum Gasteiger partial charge on any atom is 0.285 e. The smallest absolute Gasteiger partial charge is 0.285 e. The van der Waals surface area contributed by atoms with Gasteiger partial charge in [-0.05, 0) is 74.1 Å². The molecule has 1 aromatic heterocycles. The molecule has 6 nitrogen and oxygen atoms in total. The summed E-state index contributed by atoms with van der Waals surface area (Å²) in [5.41, 5.74) is 2.29. The first-order chi connectivity index (χ1) is 14.4. The van der Waals surface area contributed by atoms with Crippen molar-refractivity contribution in [2.75, 3.05) is 26.0 Å². The highest BCUT2D eigenvalue weighted by Crippen LogP contribution is 2.30.